The van der Waals surface area contributed by atoms with Crippen molar-refractivity contribution < 1.29 is 55.1 Å². The fourth-order valence-electron chi connectivity index (χ4n) is 0.610. The Hall–Kier alpha value is 0.890. The molecule has 0 aromatic rings. The SMILES string of the molecule is [Na+].[O-][C@@H](C=S)[C@@H](O)[C@H](O)[C@H](O)CO. The van der Waals surface area contributed by atoms with Crippen LogP contribution in [0.3, 0.4) is 0 Å². The molecule has 13 heavy (non-hydrogen) atoms. The molecular formula is C6H11NaO5S. The van der Waals surface area contributed by atoms with Crippen LogP contribution in [-0.2, 0) is 0 Å². The summed E-state index contributed by atoms with van der Waals surface area (Å²) in [6.45, 7) is -0.720. The molecule has 0 amide bonds. The van der Waals surface area contributed by atoms with E-state index in [1.54, 1.807) is 0 Å². The second-order valence-electron chi connectivity index (χ2n) is 2.33. The summed E-state index contributed by atoms with van der Waals surface area (Å²) in [6, 6.07) is 0. The minimum absolute atomic E-state index is 0. The van der Waals surface area contributed by atoms with E-state index in [0.29, 0.717) is 0 Å². The van der Waals surface area contributed by atoms with Crippen LogP contribution < -0.4 is 34.7 Å². The molecule has 4 atom stereocenters. The smallest absolute Gasteiger partial charge is 0.846 e. The summed E-state index contributed by atoms with van der Waals surface area (Å²) in [4.78, 5) is 0. The van der Waals surface area contributed by atoms with Crippen LogP contribution in [-0.4, -0.2) is 56.8 Å². The van der Waals surface area contributed by atoms with E-state index >= 15 is 0 Å². The van der Waals surface area contributed by atoms with Gasteiger partial charge in [-0.3, -0.25) is 0 Å². The van der Waals surface area contributed by atoms with Gasteiger partial charge in [0.25, 0.3) is 0 Å². The van der Waals surface area contributed by atoms with Gasteiger partial charge in [-0.2, -0.15) is 0 Å². The maximum Gasteiger partial charge on any atom is 1.00 e. The van der Waals surface area contributed by atoms with E-state index in [-0.39, 0.29) is 29.6 Å². The van der Waals surface area contributed by atoms with Crippen LogP contribution in [0.25, 0.3) is 0 Å². The molecule has 0 aromatic heterocycles. The Labute approximate surface area is 103 Å². The van der Waals surface area contributed by atoms with Crippen LogP contribution in [0.5, 0.6) is 0 Å². The third-order valence-corrected chi connectivity index (χ3v) is 1.67. The predicted molar refractivity (Wildman–Crippen MR) is 42.5 cm³/mol. The van der Waals surface area contributed by atoms with Gasteiger partial charge in [-0.15, -0.1) is 0 Å². The number of thiocarbonyl (C=S) groups is 1. The molecule has 0 saturated carbocycles. The normalized spacial score (nSPS) is 19.5. The molecule has 0 rings (SSSR count). The van der Waals surface area contributed by atoms with E-state index in [0.717, 1.165) is 5.37 Å². The Morgan fingerprint density at radius 1 is 1.23 bits per heavy atom. The topological polar surface area (TPSA) is 104 Å². The van der Waals surface area contributed by atoms with E-state index in [4.69, 9.17) is 20.4 Å². The maximum atomic E-state index is 10.7. The molecule has 0 spiro atoms. The Bertz CT molecular complexity index is 147. The summed E-state index contributed by atoms with van der Waals surface area (Å²) in [6.07, 6.45) is -6.52. The predicted octanol–water partition coefficient (Wildman–Crippen LogP) is -6.21. The summed E-state index contributed by atoms with van der Waals surface area (Å²) < 4.78 is 0. The molecule has 0 unspecified atom stereocenters. The van der Waals surface area contributed by atoms with Crippen molar-refractivity contribution in [3.05, 3.63) is 0 Å². The zero-order chi connectivity index (χ0) is 9.72. The van der Waals surface area contributed by atoms with E-state index in [9.17, 15) is 5.11 Å². The van der Waals surface area contributed by atoms with Crippen LogP contribution in [0, 0.1) is 0 Å². The first kappa shape index (κ1) is 16.3. The molecule has 0 aliphatic heterocycles. The monoisotopic (exact) mass is 218 g/mol. The fourth-order valence-corrected chi connectivity index (χ4v) is 0.771. The van der Waals surface area contributed by atoms with Gasteiger partial charge in [-0.05, 0) is 5.37 Å². The van der Waals surface area contributed by atoms with Crippen LogP contribution in [0.1, 0.15) is 0 Å². The van der Waals surface area contributed by atoms with Gasteiger partial charge in [0.15, 0.2) is 0 Å². The van der Waals surface area contributed by atoms with Gasteiger partial charge in [-0.1, -0.05) is 18.3 Å². The Kier molecular flexibility index (Phi) is 10.3. The molecule has 72 valence electrons. The molecule has 0 aliphatic carbocycles. The first-order chi connectivity index (χ1) is 5.54. The van der Waals surface area contributed by atoms with Crippen molar-refractivity contribution in [2.45, 2.75) is 24.4 Å². The summed E-state index contributed by atoms with van der Waals surface area (Å²) in [5, 5.41) is 46.5. The molecular weight excluding hydrogens is 207 g/mol. The van der Waals surface area contributed by atoms with Crippen LogP contribution in [0.2, 0.25) is 0 Å². The third-order valence-electron chi connectivity index (χ3n) is 1.40. The molecule has 0 aliphatic rings. The van der Waals surface area contributed by atoms with Gasteiger partial charge in [0.2, 0.25) is 0 Å². The maximum absolute atomic E-state index is 10.7. The number of hydrogen-bond acceptors (Lipinski definition) is 6. The number of aliphatic hydroxyl groups excluding tert-OH is 4. The first-order valence-corrected chi connectivity index (χ1v) is 3.78. The zero-order valence-corrected chi connectivity index (χ0v) is 10.0. The van der Waals surface area contributed by atoms with Gasteiger partial charge in [0.05, 0.1) is 12.7 Å². The van der Waals surface area contributed by atoms with Crippen LogP contribution in [0.4, 0.5) is 0 Å². The molecule has 0 fully saturated rings. The fraction of sp³-hybridized carbons (Fsp3) is 0.833. The van der Waals surface area contributed by atoms with Crippen molar-refractivity contribution in [3.63, 3.8) is 0 Å². The minimum Gasteiger partial charge on any atom is -0.846 e. The van der Waals surface area contributed by atoms with Crippen molar-refractivity contribution in [2.24, 2.45) is 0 Å². The minimum atomic E-state index is -1.69. The number of hydrogen-bond donors (Lipinski definition) is 4. The summed E-state index contributed by atoms with van der Waals surface area (Å²) in [5.41, 5.74) is 0. The standard InChI is InChI=1S/C6H11O5S.Na/c7-1-3(8)5(10)6(11)4(9)2-12;/h2-8,10-11H,1H2;/q-1;+1/t3-,4+,5-,6-;/m1./s1. The van der Waals surface area contributed by atoms with E-state index < -0.39 is 31.0 Å². The summed E-state index contributed by atoms with van der Waals surface area (Å²) in [5.74, 6) is 0. The van der Waals surface area contributed by atoms with Crippen LogP contribution >= 0.6 is 12.2 Å². The quantitative estimate of drug-likeness (QED) is 0.270. The van der Waals surface area contributed by atoms with Crippen molar-refractivity contribution in [3.8, 4) is 0 Å². The average Bonchev–Trinajstić information content (AvgIpc) is 2.12. The largest absolute Gasteiger partial charge is 1.00 e. The Morgan fingerprint density at radius 2 is 1.69 bits per heavy atom. The van der Waals surface area contributed by atoms with Crippen molar-refractivity contribution in [1.82, 2.24) is 0 Å². The third kappa shape index (κ3) is 5.36. The molecule has 0 radical (unpaired) electrons. The first-order valence-electron chi connectivity index (χ1n) is 3.30. The van der Waals surface area contributed by atoms with Gasteiger partial charge >= 0.3 is 29.6 Å². The van der Waals surface area contributed by atoms with Crippen molar-refractivity contribution in [1.29, 1.82) is 0 Å². The number of aliphatic hydroxyl groups is 4. The summed E-state index contributed by atoms with van der Waals surface area (Å²) >= 11 is 4.24. The molecule has 0 aromatic carbocycles. The molecule has 7 heteroatoms. The van der Waals surface area contributed by atoms with E-state index in [2.05, 4.69) is 12.2 Å². The van der Waals surface area contributed by atoms with Gasteiger partial charge in [0.1, 0.15) is 12.2 Å². The molecule has 0 saturated heterocycles. The second kappa shape index (κ2) is 8.22. The molecule has 0 heterocycles. The number of rotatable bonds is 5. The van der Waals surface area contributed by atoms with Crippen LogP contribution in [0.15, 0.2) is 0 Å². The van der Waals surface area contributed by atoms with E-state index in [1.807, 2.05) is 0 Å². The van der Waals surface area contributed by atoms with Gasteiger partial charge in [0, 0.05) is 0 Å². The Morgan fingerprint density at radius 3 is 2.00 bits per heavy atom. The Balaban J connectivity index is 0. The van der Waals surface area contributed by atoms with Crippen molar-refractivity contribution >= 4 is 17.6 Å². The molecule has 0 bridgehead atoms. The van der Waals surface area contributed by atoms with E-state index in [1.165, 1.54) is 0 Å². The van der Waals surface area contributed by atoms with Gasteiger partial charge in [-0.25, -0.2) is 0 Å². The van der Waals surface area contributed by atoms with Crippen molar-refractivity contribution in [2.75, 3.05) is 6.61 Å². The summed E-state index contributed by atoms with van der Waals surface area (Å²) in [7, 11) is 0. The second-order valence-corrected chi connectivity index (χ2v) is 2.60. The molecule has 5 nitrogen and oxygen atoms in total. The molecule has 4 N–H and O–H groups in total. The zero-order valence-electron chi connectivity index (χ0n) is 7.20. The van der Waals surface area contributed by atoms with Gasteiger partial charge < -0.3 is 25.5 Å². The average molecular weight is 218 g/mol.